The fourth-order valence-electron chi connectivity index (χ4n) is 3.46. The largest absolute Gasteiger partial charge is 0.351 e. The van der Waals surface area contributed by atoms with Gasteiger partial charge in [-0.05, 0) is 38.0 Å². The average Bonchev–Trinajstić information content (AvgIpc) is 3.29. The summed E-state index contributed by atoms with van der Waals surface area (Å²) in [6.45, 7) is 3.46. The Bertz CT molecular complexity index is 1010. The number of anilines is 1. The van der Waals surface area contributed by atoms with Crippen molar-refractivity contribution in [3.05, 3.63) is 35.4 Å². The van der Waals surface area contributed by atoms with Gasteiger partial charge >= 0.3 is 0 Å². The molecular weight excluding hydrogens is 344 g/mol. The number of likely N-dealkylation sites (N-methyl/N-ethyl adjacent to an activating group) is 1. The molecule has 140 valence electrons. The maximum absolute atomic E-state index is 12.6. The van der Waals surface area contributed by atoms with E-state index in [-0.39, 0.29) is 11.9 Å². The van der Waals surface area contributed by atoms with Gasteiger partial charge in [-0.15, -0.1) is 15.3 Å². The first-order valence-corrected chi connectivity index (χ1v) is 9.26. The Balaban J connectivity index is 1.29. The first-order chi connectivity index (χ1) is 13.0. The lowest BCUT2D eigenvalue weighted by Gasteiger charge is -2.44. The third-order valence-electron chi connectivity index (χ3n) is 5.60. The molecule has 0 atom stereocenters. The molecule has 2 fully saturated rings. The van der Waals surface area contributed by atoms with Gasteiger partial charge in [0.05, 0.1) is 6.04 Å². The van der Waals surface area contributed by atoms with Gasteiger partial charge in [-0.3, -0.25) is 9.48 Å². The SMILES string of the molecule is Cc1cc(C(=O)N(C)C2CN(c3ccc4nnc(C5CC5)n4n3)C2)nn1C. The number of hydrogen-bond donors (Lipinski definition) is 0. The van der Waals surface area contributed by atoms with Gasteiger partial charge in [-0.2, -0.15) is 9.61 Å². The van der Waals surface area contributed by atoms with Crippen LogP contribution in [-0.2, 0) is 7.05 Å². The maximum atomic E-state index is 12.6. The summed E-state index contributed by atoms with van der Waals surface area (Å²) < 4.78 is 3.59. The summed E-state index contributed by atoms with van der Waals surface area (Å²) in [5.41, 5.74) is 2.25. The molecule has 27 heavy (non-hydrogen) atoms. The molecule has 0 bridgehead atoms. The van der Waals surface area contributed by atoms with E-state index in [1.165, 1.54) is 12.8 Å². The normalized spacial score (nSPS) is 17.4. The summed E-state index contributed by atoms with van der Waals surface area (Å²) in [6, 6.07) is 5.91. The molecule has 3 aromatic heterocycles. The van der Waals surface area contributed by atoms with Crippen LogP contribution in [0.25, 0.3) is 5.65 Å². The first-order valence-electron chi connectivity index (χ1n) is 9.26. The monoisotopic (exact) mass is 366 g/mol. The van der Waals surface area contributed by atoms with E-state index in [2.05, 4.69) is 20.2 Å². The van der Waals surface area contributed by atoms with Gasteiger partial charge in [-0.25, -0.2) is 0 Å². The molecule has 1 saturated carbocycles. The van der Waals surface area contributed by atoms with Crippen molar-refractivity contribution < 1.29 is 4.79 Å². The van der Waals surface area contributed by atoms with Gasteiger partial charge in [-0.1, -0.05) is 0 Å². The number of carbonyl (C=O) groups excluding carboxylic acids is 1. The number of aryl methyl sites for hydroxylation is 2. The standard InChI is InChI=1S/C18H22N8O/c1-11-8-14(21-24(11)3)18(27)23(2)13-9-25(10-13)16-7-6-15-19-20-17(12-4-5-12)26(15)22-16/h6-8,12-13H,4-5,9-10H2,1-3H3. The van der Waals surface area contributed by atoms with E-state index in [1.807, 2.05) is 43.7 Å². The second-order valence-corrected chi connectivity index (χ2v) is 7.56. The fraction of sp³-hybridized carbons (Fsp3) is 0.500. The number of rotatable bonds is 4. The molecule has 9 nitrogen and oxygen atoms in total. The van der Waals surface area contributed by atoms with Crippen molar-refractivity contribution in [2.45, 2.75) is 31.7 Å². The molecule has 5 rings (SSSR count). The van der Waals surface area contributed by atoms with E-state index in [0.29, 0.717) is 11.6 Å². The lowest BCUT2D eigenvalue weighted by Crippen LogP contribution is -2.60. The lowest BCUT2D eigenvalue weighted by molar-refractivity contribution is 0.0698. The van der Waals surface area contributed by atoms with Crippen LogP contribution in [0.2, 0.25) is 0 Å². The molecule has 1 aliphatic heterocycles. The van der Waals surface area contributed by atoms with Gasteiger partial charge in [0, 0.05) is 38.8 Å². The Morgan fingerprint density at radius 2 is 1.96 bits per heavy atom. The van der Waals surface area contributed by atoms with Crippen LogP contribution in [0.1, 0.15) is 40.8 Å². The van der Waals surface area contributed by atoms with E-state index < -0.39 is 0 Å². The van der Waals surface area contributed by atoms with Crippen molar-refractivity contribution in [3.63, 3.8) is 0 Å². The zero-order valence-electron chi connectivity index (χ0n) is 15.7. The van der Waals surface area contributed by atoms with E-state index in [9.17, 15) is 4.79 Å². The molecule has 0 radical (unpaired) electrons. The molecule has 3 aromatic rings. The highest BCUT2D eigenvalue weighted by Crippen LogP contribution is 2.38. The first kappa shape index (κ1) is 16.2. The molecule has 1 amide bonds. The van der Waals surface area contributed by atoms with Crippen LogP contribution in [0.15, 0.2) is 18.2 Å². The van der Waals surface area contributed by atoms with Gasteiger partial charge in [0.1, 0.15) is 5.82 Å². The Labute approximate surface area is 156 Å². The molecule has 0 aromatic carbocycles. The van der Waals surface area contributed by atoms with Crippen LogP contribution in [0, 0.1) is 6.92 Å². The van der Waals surface area contributed by atoms with Crippen LogP contribution in [-0.4, -0.2) is 66.6 Å². The van der Waals surface area contributed by atoms with Gasteiger partial charge in [0.2, 0.25) is 0 Å². The molecule has 1 saturated heterocycles. The number of hydrogen-bond acceptors (Lipinski definition) is 6. The Hall–Kier alpha value is -2.97. The van der Waals surface area contributed by atoms with Crippen LogP contribution in [0.3, 0.4) is 0 Å². The third-order valence-corrected chi connectivity index (χ3v) is 5.60. The topological polar surface area (TPSA) is 84.5 Å². The minimum Gasteiger partial charge on any atom is -0.351 e. The van der Waals surface area contributed by atoms with Crippen LogP contribution in [0.4, 0.5) is 5.82 Å². The predicted molar refractivity (Wildman–Crippen MR) is 98.8 cm³/mol. The second-order valence-electron chi connectivity index (χ2n) is 7.56. The van der Waals surface area contributed by atoms with E-state index in [0.717, 1.165) is 36.1 Å². The average molecular weight is 366 g/mol. The van der Waals surface area contributed by atoms with Gasteiger partial charge in [0.15, 0.2) is 17.2 Å². The smallest absolute Gasteiger partial charge is 0.274 e. The van der Waals surface area contributed by atoms with Crippen molar-refractivity contribution in [2.75, 3.05) is 25.0 Å². The third kappa shape index (κ3) is 2.65. The fourth-order valence-corrected chi connectivity index (χ4v) is 3.46. The minimum absolute atomic E-state index is 0.0402. The zero-order valence-corrected chi connectivity index (χ0v) is 15.7. The Morgan fingerprint density at radius 1 is 1.19 bits per heavy atom. The molecule has 2 aliphatic rings. The van der Waals surface area contributed by atoms with Crippen LogP contribution < -0.4 is 4.90 Å². The zero-order chi connectivity index (χ0) is 18.7. The highest BCUT2D eigenvalue weighted by atomic mass is 16.2. The Kier molecular flexibility index (Phi) is 3.46. The van der Waals surface area contributed by atoms with E-state index in [4.69, 9.17) is 5.10 Å². The molecule has 0 spiro atoms. The summed E-state index contributed by atoms with van der Waals surface area (Å²) in [5, 5.41) is 17.5. The number of amides is 1. The number of carbonyl (C=O) groups is 1. The highest BCUT2D eigenvalue weighted by molar-refractivity contribution is 5.92. The van der Waals surface area contributed by atoms with Crippen molar-refractivity contribution in [1.29, 1.82) is 0 Å². The number of fused-ring (bicyclic) bond motifs is 1. The molecule has 1 aliphatic carbocycles. The number of nitrogens with zero attached hydrogens (tertiary/aromatic N) is 8. The van der Waals surface area contributed by atoms with E-state index in [1.54, 1.807) is 9.58 Å². The molecular formula is C18H22N8O. The highest BCUT2D eigenvalue weighted by Gasteiger charge is 2.35. The maximum Gasteiger partial charge on any atom is 0.274 e. The number of aromatic nitrogens is 6. The summed E-state index contributed by atoms with van der Waals surface area (Å²) in [4.78, 5) is 16.6. The summed E-state index contributed by atoms with van der Waals surface area (Å²) >= 11 is 0. The summed E-state index contributed by atoms with van der Waals surface area (Å²) in [6.07, 6.45) is 2.33. The minimum atomic E-state index is -0.0402. The van der Waals surface area contributed by atoms with Crippen molar-refractivity contribution in [1.82, 2.24) is 34.5 Å². The predicted octanol–water partition coefficient (Wildman–Crippen LogP) is 1.00. The molecule has 9 heteroatoms. The molecule has 4 heterocycles. The Morgan fingerprint density at radius 3 is 2.63 bits per heavy atom. The van der Waals surface area contributed by atoms with Gasteiger partial charge < -0.3 is 9.80 Å². The lowest BCUT2D eigenvalue weighted by atomic mass is 10.1. The van der Waals surface area contributed by atoms with E-state index >= 15 is 0 Å². The molecule has 0 N–H and O–H groups in total. The van der Waals surface area contributed by atoms with Crippen molar-refractivity contribution >= 4 is 17.4 Å². The van der Waals surface area contributed by atoms with Gasteiger partial charge in [0.25, 0.3) is 5.91 Å². The summed E-state index contributed by atoms with van der Waals surface area (Å²) in [7, 11) is 3.69. The van der Waals surface area contributed by atoms with Crippen LogP contribution in [0.5, 0.6) is 0 Å². The molecule has 0 unspecified atom stereocenters. The second kappa shape index (κ2) is 5.77. The van der Waals surface area contributed by atoms with Crippen LogP contribution >= 0.6 is 0 Å². The van der Waals surface area contributed by atoms with Crippen molar-refractivity contribution in [2.24, 2.45) is 7.05 Å². The van der Waals surface area contributed by atoms with Crippen molar-refractivity contribution in [3.8, 4) is 0 Å². The quantitative estimate of drug-likeness (QED) is 0.685. The summed E-state index contributed by atoms with van der Waals surface area (Å²) in [5.74, 6) is 2.32.